The van der Waals surface area contributed by atoms with Gasteiger partial charge in [0.25, 0.3) is 5.91 Å². The maximum atomic E-state index is 12.3. The Bertz CT molecular complexity index is 592. The van der Waals surface area contributed by atoms with Crippen LogP contribution < -0.4 is 5.32 Å². The van der Waals surface area contributed by atoms with Crippen molar-refractivity contribution in [2.24, 2.45) is 0 Å². The van der Waals surface area contributed by atoms with Crippen LogP contribution in [0.3, 0.4) is 0 Å². The molecule has 0 aliphatic carbocycles. The number of amides is 1. The molecule has 1 aromatic carbocycles. The monoisotopic (exact) mass is 303 g/mol. The van der Waals surface area contributed by atoms with Gasteiger partial charge in [0.05, 0.1) is 17.5 Å². The van der Waals surface area contributed by atoms with Crippen LogP contribution in [0.1, 0.15) is 32.6 Å². The average molecular weight is 303 g/mol. The van der Waals surface area contributed by atoms with Gasteiger partial charge in [-0.2, -0.15) is 0 Å². The van der Waals surface area contributed by atoms with Gasteiger partial charge in [-0.1, -0.05) is 37.3 Å². The zero-order valence-electron chi connectivity index (χ0n) is 12.4. The molecule has 1 heterocycles. The predicted molar refractivity (Wildman–Crippen MR) is 86.9 cm³/mol. The highest BCUT2D eigenvalue weighted by molar-refractivity contribution is 7.14. The first-order valence-corrected chi connectivity index (χ1v) is 8.00. The molecule has 0 fully saturated rings. The molecule has 2 rings (SSSR count). The topological polar surface area (TPSA) is 49.3 Å². The Morgan fingerprint density at radius 2 is 2.05 bits per heavy atom. The summed E-state index contributed by atoms with van der Waals surface area (Å²) in [4.78, 5) is 14.2. The number of aryl methyl sites for hydroxylation is 2. The minimum Gasteiger partial charge on any atom is -0.394 e. The van der Waals surface area contributed by atoms with Crippen molar-refractivity contribution in [3.8, 4) is 0 Å². The van der Waals surface area contributed by atoms with Crippen molar-refractivity contribution < 1.29 is 9.90 Å². The first-order valence-electron chi connectivity index (χ1n) is 7.19. The maximum absolute atomic E-state index is 12.3. The van der Waals surface area contributed by atoms with E-state index >= 15 is 0 Å². The normalized spacial score (nSPS) is 12.1. The van der Waals surface area contributed by atoms with Gasteiger partial charge in [0.2, 0.25) is 0 Å². The number of aliphatic hydroxyl groups is 1. The summed E-state index contributed by atoms with van der Waals surface area (Å²) in [6.07, 6.45) is 1.57. The van der Waals surface area contributed by atoms with Crippen molar-refractivity contribution in [3.63, 3.8) is 0 Å². The first-order chi connectivity index (χ1) is 10.1. The van der Waals surface area contributed by atoms with Crippen LogP contribution >= 0.6 is 11.3 Å². The number of hydrogen-bond acceptors (Lipinski definition) is 3. The van der Waals surface area contributed by atoms with Gasteiger partial charge in [-0.05, 0) is 37.0 Å². The molecule has 0 aliphatic rings. The van der Waals surface area contributed by atoms with Crippen molar-refractivity contribution in [2.75, 3.05) is 6.61 Å². The molecule has 2 N–H and O–H groups in total. The van der Waals surface area contributed by atoms with Crippen LogP contribution in [0, 0.1) is 6.92 Å². The third-order valence-corrected chi connectivity index (χ3v) is 4.83. The second-order valence-electron chi connectivity index (χ2n) is 5.11. The molecule has 0 saturated carbocycles. The average Bonchev–Trinajstić information content (AvgIpc) is 2.88. The van der Waals surface area contributed by atoms with Crippen LogP contribution in [0.2, 0.25) is 0 Å². The summed E-state index contributed by atoms with van der Waals surface area (Å²) in [5.74, 6) is -0.0993. The highest BCUT2D eigenvalue weighted by atomic mass is 32.1. The number of aliphatic hydroxyl groups excluding tert-OH is 1. The Balaban J connectivity index is 2.02. The number of rotatable bonds is 6. The lowest BCUT2D eigenvalue weighted by molar-refractivity contribution is 0.0920. The van der Waals surface area contributed by atoms with E-state index in [-0.39, 0.29) is 18.6 Å². The molecule has 0 bridgehead atoms. The minimum atomic E-state index is -0.257. The predicted octanol–water partition coefficient (Wildman–Crippen LogP) is 2.95. The lowest BCUT2D eigenvalue weighted by Crippen LogP contribution is -2.38. The van der Waals surface area contributed by atoms with Gasteiger partial charge in [-0.3, -0.25) is 4.79 Å². The lowest BCUT2D eigenvalue weighted by Gasteiger charge is -2.15. The Morgan fingerprint density at radius 3 is 2.62 bits per heavy atom. The molecule has 2 aromatic rings. The second-order valence-corrected chi connectivity index (χ2v) is 6.25. The molecular weight excluding hydrogens is 282 g/mol. The molecular formula is C17H21NO2S. The number of carbonyl (C=O) groups excluding carboxylic acids is 1. The first kappa shape index (κ1) is 15.7. The van der Waals surface area contributed by atoms with Gasteiger partial charge in [0.15, 0.2) is 0 Å². The van der Waals surface area contributed by atoms with Crippen LogP contribution in [0.5, 0.6) is 0 Å². The molecule has 4 heteroatoms. The van der Waals surface area contributed by atoms with Gasteiger partial charge in [-0.25, -0.2) is 0 Å². The van der Waals surface area contributed by atoms with E-state index in [4.69, 9.17) is 0 Å². The standard InChI is InChI=1S/C17H21NO2S/c1-3-15-12(2)9-16(21-15)17(20)18-14(11-19)10-13-7-5-4-6-8-13/h4-9,14,19H,3,10-11H2,1-2H3,(H,18,20)/t14-/m0/s1. The van der Waals surface area contributed by atoms with E-state index in [1.54, 1.807) is 0 Å². The molecule has 0 spiro atoms. The van der Waals surface area contributed by atoms with E-state index in [0.717, 1.165) is 22.4 Å². The number of thiophene rings is 1. The van der Waals surface area contributed by atoms with Crippen molar-refractivity contribution in [2.45, 2.75) is 32.7 Å². The molecule has 112 valence electrons. The summed E-state index contributed by atoms with van der Waals surface area (Å²) in [6.45, 7) is 4.05. The smallest absolute Gasteiger partial charge is 0.261 e. The molecule has 0 aliphatic heterocycles. The van der Waals surface area contributed by atoms with Gasteiger partial charge in [0.1, 0.15) is 0 Å². The number of hydrogen-bond donors (Lipinski definition) is 2. The molecule has 0 unspecified atom stereocenters. The summed E-state index contributed by atoms with van der Waals surface area (Å²) in [7, 11) is 0. The van der Waals surface area contributed by atoms with Crippen LogP contribution in [0.25, 0.3) is 0 Å². The van der Waals surface area contributed by atoms with E-state index in [1.807, 2.05) is 43.3 Å². The summed E-state index contributed by atoms with van der Waals surface area (Å²) < 4.78 is 0. The molecule has 0 saturated heterocycles. The summed E-state index contributed by atoms with van der Waals surface area (Å²) in [6, 6.07) is 11.5. The molecule has 1 aromatic heterocycles. The van der Waals surface area contributed by atoms with E-state index in [0.29, 0.717) is 6.42 Å². The fourth-order valence-electron chi connectivity index (χ4n) is 2.30. The van der Waals surface area contributed by atoms with Gasteiger partial charge < -0.3 is 10.4 Å². The van der Waals surface area contributed by atoms with Gasteiger partial charge >= 0.3 is 0 Å². The SMILES string of the molecule is CCc1sc(C(=O)N[C@H](CO)Cc2ccccc2)cc1C. The maximum Gasteiger partial charge on any atom is 0.261 e. The highest BCUT2D eigenvalue weighted by Gasteiger charge is 2.16. The third-order valence-electron chi connectivity index (χ3n) is 3.45. The number of benzene rings is 1. The van der Waals surface area contributed by atoms with Gasteiger partial charge in [0, 0.05) is 4.88 Å². The highest BCUT2D eigenvalue weighted by Crippen LogP contribution is 2.22. The van der Waals surface area contributed by atoms with Crippen LogP contribution in [-0.2, 0) is 12.8 Å². The Hall–Kier alpha value is -1.65. The van der Waals surface area contributed by atoms with E-state index in [9.17, 15) is 9.90 Å². The largest absolute Gasteiger partial charge is 0.394 e. The minimum absolute atomic E-state index is 0.0639. The molecule has 0 radical (unpaired) electrons. The number of carbonyl (C=O) groups is 1. The quantitative estimate of drug-likeness (QED) is 0.862. The van der Waals surface area contributed by atoms with Crippen LogP contribution in [0.4, 0.5) is 0 Å². The van der Waals surface area contributed by atoms with E-state index < -0.39 is 0 Å². The zero-order valence-corrected chi connectivity index (χ0v) is 13.2. The third kappa shape index (κ3) is 4.16. The summed E-state index contributed by atoms with van der Waals surface area (Å²) in [5.41, 5.74) is 2.27. The Labute approximate surface area is 129 Å². The Morgan fingerprint density at radius 1 is 1.33 bits per heavy atom. The fraction of sp³-hybridized carbons (Fsp3) is 0.353. The Kier molecular flexibility index (Phi) is 5.53. The van der Waals surface area contributed by atoms with Crippen molar-refractivity contribution in [1.29, 1.82) is 0 Å². The van der Waals surface area contributed by atoms with Gasteiger partial charge in [-0.15, -0.1) is 11.3 Å². The molecule has 3 nitrogen and oxygen atoms in total. The lowest BCUT2D eigenvalue weighted by atomic mass is 10.1. The van der Waals surface area contributed by atoms with E-state index in [2.05, 4.69) is 12.2 Å². The summed E-state index contributed by atoms with van der Waals surface area (Å²) in [5, 5.41) is 12.4. The van der Waals surface area contributed by atoms with Crippen molar-refractivity contribution in [1.82, 2.24) is 5.32 Å². The molecule has 1 atom stereocenters. The fourth-order valence-corrected chi connectivity index (χ4v) is 3.32. The molecule has 21 heavy (non-hydrogen) atoms. The molecule has 1 amide bonds. The van der Waals surface area contributed by atoms with Crippen molar-refractivity contribution >= 4 is 17.2 Å². The van der Waals surface area contributed by atoms with E-state index in [1.165, 1.54) is 16.2 Å². The number of nitrogens with one attached hydrogen (secondary N) is 1. The second kappa shape index (κ2) is 7.38. The van der Waals surface area contributed by atoms with Crippen molar-refractivity contribution in [3.05, 3.63) is 57.3 Å². The van der Waals surface area contributed by atoms with Crippen LogP contribution in [-0.4, -0.2) is 23.7 Å². The van der Waals surface area contributed by atoms with Crippen LogP contribution in [0.15, 0.2) is 36.4 Å². The zero-order chi connectivity index (χ0) is 15.2. The summed E-state index contributed by atoms with van der Waals surface area (Å²) >= 11 is 1.53.